The smallest absolute Gasteiger partial charge is 0.240 e. The Morgan fingerprint density at radius 1 is 1.43 bits per heavy atom. The Kier molecular flexibility index (Phi) is 4.18. The van der Waals surface area contributed by atoms with Gasteiger partial charge in [-0.1, -0.05) is 0 Å². The monoisotopic (exact) mass is 238 g/mol. The Morgan fingerprint density at radius 2 is 2.00 bits per heavy atom. The molecule has 0 aliphatic heterocycles. The number of halogens is 1. The van der Waals surface area contributed by atoms with Crippen molar-refractivity contribution in [3.63, 3.8) is 0 Å². The van der Waals surface area contributed by atoms with Crippen LogP contribution in [0.3, 0.4) is 0 Å². The number of phenolic OH excluding ortho intramolecular Hbond substituents is 1. The van der Waals surface area contributed by atoms with Crippen molar-refractivity contribution < 1.29 is 13.5 Å². The second-order valence-corrected chi connectivity index (χ2v) is 4.31. The van der Waals surface area contributed by atoms with Gasteiger partial charge in [0.15, 0.2) is 0 Å². The van der Waals surface area contributed by atoms with Crippen LogP contribution in [0.4, 0.5) is 5.69 Å². The fourth-order valence-electron chi connectivity index (χ4n) is 0.818. The van der Waals surface area contributed by atoms with Gasteiger partial charge in [0.25, 0.3) is 0 Å². The van der Waals surface area contributed by atoms with E-state index in [-0.39, 0.29) is 28.7 Å². The van der Waals surface area contributed by atoms with Crippen LogP contribution in [-0.2, 0) is 10.0 Å². The molecule has 0 aromatic heterocycles. The Balaban J connectivity index is 0.00000169. The second kappa shape index (κ2) is 4.50. The van der Waals surface area contributed by atoms with Crippen molar-refractivity contribution in [2.24, 2.45) is 0 Å². The first-order valence-electron chi connectivity index (χ1n) is 3.49. The lowest BCUT2D eigenvalue weighted by Gasteiger charge is -2.03. The van der Waals surface area contributed by atoms with Crippen molar-refractivity contribution in [1.29, 1.82) is 0 Å². The van der Waals surface area contributed by atoms with Crippen LogP contribution in [0.25, 0.3) is 0 Å². The highest BCUT2D eigenvalue weighted by Gasteiger charge is 2.12. The summed E-state index contributed by atoms with van der Waals surface area (Å²) in [5, 5.41) is 9.04. The molecule has 5 nitrogen and oxygen atoms in total. The number of rotatable bonds is 2. The van der Waals surface area contributed by atoms with Gasteiger partial charge in [0.2, 0.25) is 10.0 Å². The number of phenols is 1. The first kappa shape index (κ1) is 13.0. The second-order valence-electron chi connectivity index (χ2n) is 2.43. The third kappa shape index (κ3) is 2.50. The van der Waals surface area contributed by atoms with E-state index >= 15 is 0 Å². The molecule has 1 rings (SSSR count). The fraction of sp³-hybridized carbons (Fsp3) is 0.143. The highest BCUT2D eigenvalue weighted by molar-refractivity contribution is 7.89. The Hall–Kier alpha value is -0.980. The molecule has 0 aliphatic carbocycles. The van der Waals surface area contributed by atoms with E-state index in [4.69, 9.17) is 10.8 Å². The number of nitrogens with one attached hydrogen (secondary N) is 1. The largest absolute Gasteiger partial charge is 0.506 e. The SMILES string of the molecule is CNS(=O)(=O)c1ccc(O)c(N)c1.Cl. The van der Waals surface area contributed by atoms with E-state index in [2.05, 4.69) is 4.72 Å². The normalized spacial score (nSPS) is 10.6. The van der Waals surface area contributed by atoms with E-state index in [9.17, 15) is 8.42 Å². The average Bonchev–Trinajstić information content (AvgIpc) is 2.09. The van der Waals surface area contributed by atoms with E-state index in [1.165, 1.54) is 25.2 Å². The van der Waals surface area contributed by atoms with Crippen LogP contribution < -0.4 is 10.5 Å². The minimum Gasteiger partial charge on any atom is -0.506 e. The van der Waals surface area contributed by atoms with Gasteiger partial charge < -0.3 is 10.8 Å². The minimum absolute atomic E-state index is 0. The maximum Gasteiger partial charge on any atom is 0.240 e. The number of anilines is 1. The van der Waals surface area contributed by atoms with E-state index < -0.39 is 10.0 Å². The zero-order valence-corrected chi connectivity index (χ0v) is 9.02. The lowest BCUT2D eigenvalue weighted by atomic mass is 10.3. The standard InChI is InChI=1S/C7H10N2O3S.ClH/c1-9-13(11,12)5-2-3-7(10)6(8)4-5;/h2-4,9-10H,8H2,1H3;1H. The molecule has 80 valence electrons. The Morgan fingerprint density at radius 3 is 2.43 bits per heavy atom. The van der Waals surface area contributed by atoms with Gasteiger partial charge >= 0.3 is 0 Å². The molecule has 0 amide bonds. The molecule has 0 spiro atoms. The summed E-state index contributed by atoms with van der Waals surface area (Å²) in [4.78, 5) is 0.0327. The van der Waals surface area contributed by atoms with Crippen molar-refractivity contribution in [3.8, 4) is 5.75 Å². The van der Waals surface area contributed by atoms with Crippen LogP contribution in [0.1, 0.15) is 0 Å². The summed E-state index contributed by atoms with van der Waals surface area (Å²) >= 11 is 0. The average molecular weight is 239 g/mol. The number of hydrogen-bond donors (Lipinski definition) is 3. The maximum atomic E-state index is 11.2. The van der Waals surface area contributed by atoms with Crippen LogP contribution in [0.15, 0.2) is 23.1 Å². The molecule has 4 N–H and O–H groups in total. The summed E-state index contributed by atoms with van der Waals surface area (Å²) in [6.45, 7) is 0. The van der Waals surface area contributed by atoms with Gasteiger partial charge in [-0.15, -0.1) is 12.4 Å². The predicted molar refractivity (Wildman–Crippen MR) is 56.0 cm³/mol. The molecular weight excluding hydrogens is 228 g/mol. The highest BCUT2D eigenvalue weighted by Crippen LogP contribution is 2.22. The van der Waals surface area contributed by atoms with Gasteiger partial charge in [-0.25, -0.2) is 13.1 Å². The van der Waals surface area contributed by atoms with Gasteiger partial charge in [0.1, 0.15) is 5.75 Å². The van der Waals surface area contributed by atoms with Gasteiger partial charge in [-0.2, -0.15) is 0 Å². The minimum atomic E-state index is -3.48. The molecule has 1 aromatic carbocycles. The van der Waals surface area contributed by atoms with Crippen LogP contribution in [-0.4, -0.2) is 20.6 Å². The fourth-order valence-corrected chi connectivity index (χ4v) is 1.58. The van der Waals surface area contributed by atoms with Crippen LogP contribution in [0.2, 0.25) is 0 Å². The summed E-state index contributed by atoms with van der Waals surface area (Å²) < 4.78 is 24.6. The number of benzene rings is 1. The van der Waals surface area contributed by atoms with E-state index in [1.807, 2.05) is 0 Å². The predicted octanol–water partition coefficient (Wildman–Crippen LogP) is 0.304. The van der Waals surface area contributed by atoms with Crippen molar-refractivity contribution in [2.45, 2.75) is 4.90 Å². The van der Waals surface area contributed by atoms with Crippen molar-refractivity contribution in [2.75, 3.05) is 12.8 Å². The Bertz CT molecular complexity index is 419. The molecule has 0 aliphatic rings. The molecule has 0 bridgehead atoms. The molecule has 0 saturated heterocycles. The topological polar surface area (TPSA) is 92.4 Å². The number of hydrogen-bond acceptors (Lipinski definition) is 4. The molecule has 0 radical (unpaired) electrons. The first-order chi connectivity index (χ1) is 5.97. The van der Waals surface area contributed by atoms with Crippen molar-refractivity contribution >= 4 is 28.1 Å². The van der Waals surface area contributed by atoms with Gasteiger partial charge in [0, 0.05) is 0 Å². The number of sulfonamides is 1. The zero-order chi connectivity index (χ0) is 10.1. The quantitative estimate of drug-likeness (QED) is 0.511. The van der Waals surface area contributed by atoms with Crippen LogP contribution >= 0.6 is 12.4 Å². The first-order valence-corrected chi connectivity index (χ1v) is 4.98. The number of aromatic hydroxyl groups is 1. The van der Waals surface area contributed by atoms with Crippen LogP contribution in [0, 0.1) is 0 Å². The van der Waals surface area contributed by atoms with Gasteiger partial charge in [-0.05, 0) is 25.2 Å². The zero-order valence-electron chi connectivity index (χ0n) is 7.39. The molecule has 0 fully saturated rings. The maximum absolute atomic E-state index is 11.2. The van der Waals surface area contributed by atoms with Crippen molar-refractivity contribution in [1.82, 2.24) is 4.72 Å². The molecule has 14 heavy (non-hydrogen) atoms. The van der Waals surface area contributed by atoms with E-state index in [0.29, 0.717) is 0 Å². The Labute approximate surface area is 88.4 Å². The molecule has 1 aromatic rings. The summed E-state index contributed by atoms with van der Waals surface area (Å²) in [6, 6.07) is 3.71. The van der Waals surface area contributed by atoms with Crippen molar-refractivity contribution in [3.05, 3.63) is 18.2 Å². The van der Waals surface area contributed by atoms with Crippen LogP contribution in [0.5, 0.6) is 5.75 Å². The summed E-state index contributed by atoms with van der Waals surface area (Å²) in [6.07, 6.45) is 0. The summed E-state index contributed by atoms with van der Waals surface area (Å²) in [7, 11) is -2.17. The van der Waals surface area contributed by atoms with E-state index in [0.717, 1.165) is 0 Å². The third-order valence-corrected chi connectivity index (χ3v) is 2.99. The molecule has 0 saturated carbocycles. The van der Waals surface area contributed by atoms with Gasteiger partial charge in [0.05, 0.1) is 10.6 Å². The molecule has 0 unspecified atom stereocenters. The highest BCUT2D eigenvalue weighted by atomic mass is 35.5. The van der Waals surface area contributed by atoms with Gasteiger partial charge in [-0.3, -0.25) is 0 Å². The number of nitrogen functional groups attached to an aromatic ring is 1. The number of nitrogens with two attached hydrogens (primary N) is 1. The lowest BCUT2D eigenvalue weighted by molar-refractivity contribution is 0.477. The lowest BCUT2D eigenvalue weighted by Crippen LogP contribution is -2.18. The molecule has 0 heterocycles. The molecular formula is C7H11ClN2O3S. The van der Waals surface area contributed by atoms with E-state index in [1.54, 1.807) is 0 Å². The summed E-state index contributed by atoms with van der Waals surface area (Å²) in [5.41, 5.74) is 5.37. The summed E-state index contributed by atoms with van der Waals surface area (Å²) in [5.74, 6) is -0.130. The molecule has 0 atom stereocenters. The third-order valence-electron chi connectivity index (χ3n) is 1.58. The molecule has 7 heteroatoms.